The molecule has 0 aliphatic carbocycles. The van der Waals surface area contributed by atoms with Crippen molar-refractivity contribution < 1.29 is 40.2 Å². The molecule has 6 aromatic rings. The van der Waals surface area contributed by atoms with E-state index in [9.17, 15) is 21.6 Å². The minimum Gasteiger partial charge on any atom is -0.497 e. The first-order valence-corrected chi connectivity index (χ1v) is 17.2. The molecule has 0 atom stereocenters. The molecule has 0 bridgehead atoms. The van der Waals surface area contributed by atoms with Gasteiger partial charge < -0.3 is 14.2 Å². The maximum absolute atomic E-state index is 15.9. The van der Waals surface area contributed by atoms with E-state index in [1.807, 2.05) is 0 Å². The van der Waals surface area contributed by atoms with E-state index in [0.29, 0.717) is 33.8 Å². The minimum absolute atomic E-state index is 0.0329. The Hall–Kier alpha value is -5.39. The van der Waals surface area contributed by atoms with Crippen LogP contribution in [0.1, 0.15) is 11.3 Å². The maximum atomic E-state index is 15.9. The number of nitrogens with zero attached hydrogens (tertiary/aromatic N) is 6. The van der Waals surface area contributed by atoms with Gasteiger partial charge in [-0.2, -0.15) is 23.4 Å². The molecule has 0 spiro atoms. The van der Waals surface area contributed by atoms with Crippen molar-refractivity contribution in [3.8, 4) is 45.4 Å². The van der Waals surface area contributed by atoms with Crippen LogP contribution in [0.5, 0.6) is 23.0 Å². The number of ether oxygens (including phenoxy) is 3. The predicted octanol–water partition coefficient (Wildman–Crippen LogP) is 8.07. The number of hydrogen-bond acceptors (Lipinski definition) is 11. The molecule has 3 aromatic carbocycles. The van der Waals surface area contributed by atoms with Gasteiger partial charge in [-0.3, -0.25) is 0 Å². The van der Waals surface area contributed by atoms with Crippen LogP contribution in [-0.2, 0) is 22.7 Å². The summed E-state index contributed by atoms with van der Waals surface area (Å²) >= 11 is 7.46. The molecule has 0 aliphatic rings. The molecule has 0 N–H and O–H groups in total. The van der Waals surface area contributed by atoms with E-state index in [1.54, 1.807) is 24.3 Å². The SMILES string of the molecule is COc1ccc(CN(c2nncs2)S(=O)(=O)c2cc(Cl)c(Oc3ccc(-c4cccc(C(F)(F)F)n4)cc3-c3ccnnc3)cc2F)c(OC)c1. The fourth-order valence-corrected chi connectivity index (χ4v) is 7.42. The lowest BCUT2D eigenvalue weighted by Crippen LogP contribution is -2.31. The Labute approximate surface area is 297 Å². The van der Waals surface area contributed by atoms with Crippen molar-refractivity contribution in [2.75, 3.05) is 18.5 Å². The van der Waals surface area contributed by atoms with Crippen LogP contribution in [0.4, 0.5) is 22.7 Å². The van der Waals surface area contributed by atoms with E-state index in [0.717, 1.165) is 33.8 Å². The number of halogens is 5. The van der Waals surface area contributed by atoms with Crippen LogP contribution in [0.2, 0.25) is 5.02 Å². The number of pyridine rings is 1. The Kier molecular flexibility index (Phi) is 10.0. The fraction of sp³-hybridized carbons (Fsp3) is 0.121. The monoisotopic (exact) mass is 758 g/mol. The molecule has 18 heteroatoms. The molecule has 0 saturated carbocycles. The summed E-state index contributed by atoms with van der Waals surface area (Å²) in [7, 11) is -1.79. The summed E-state index contributed by atoms with van der Waals surface area (Å²) in [6.07, 6.45) is -1.87. The molecule has 262 valence electrons. The van der Waals surface area contributed by atoms with E-state index in [2.05, 4.69) is 25.4 Å². The van der Waals surface area contributed by atoms with Crippen molar-refractivity contribution in [2.45, 2.75) is 17.6 Å². The highest BCUT2D eigenvalue weighted by Crippen LogP contribution is 2.41. The quantitative estimate of drug-likeness (QED) is 0.120. The van der Waals surface area contributed by atoms with Crippen LogP contribution < -0.4 is 18.5 Å². The summed E-state index contributed by atoms with van der Waals surface area (Å²) in [4.78, 5) is 2.98. The average molecular weight is 759 g/mol. The molecule has 0 aliphatic heterocycles. The molecule has 0 saturated heterocycles. The van der Waals surface area contributed by atoms with Crippen LogP contribution in [0.15, 0.2) is 95.6 Å². The lowest BCUT2D eigenvalue weighted by molar-refractivity contribution is -0.141. The molecule has 0 unspecified atom stereocenters. The Morgan fingerprint density at radius 2 is 1.71 bits per heavy atom. The molecule has 0 fully saturated rings. The number of sulfonamides is 1. The highest BCUT2D eigenvalue weighted by Gasteiger charge is 2.34. The van der Waals surface area contributed by atoms with E-state index >= 15 is 4.39 Å². The number of rotatable bonds is 11. The third-order valence-corrected chi connectivity index (χ3v) is 10.2. The summed E-state index contributed by atoms with van der Waals surface area (Å²) in [6.45, 7) is -0.309. The van der Waals surface area contributed by atoms with Gasteiger partial charge in [0.15, 0.2) is 0 Å². The summed E-state index contributed by atoms with van der Waals surface area (Å²) in [5.74, 6) is -0.558. The lowest BCUT2D eigenvalue weighted by Gasteiger charge is -2.23. The number of benzene rings is 3. The van der Waals surface area contributed by atoms with Gasteiger partial charge in [-0.05, 0) is 54.6 Å². The molecule has 3 aromatic heterocycles. The van der Waals surface area contributed by atoms with Crippen molar-refractivity contribution >= 4 is 38.1 Å². The summed E-state index contributed by atoms with van der Waals surface area (Å²) < 4.78 is 102. The second-order valence-electron chi connectivity index (χ2n) is 10.5. The molecule has 0 amide bonds. The normalized spacial score (nSPS) is 11.7. The zero-order chi connectivity index (χ0) is 36.3. The van der Waals surface area contributed by atoms with E-state index in [1.165, 1.54) is 62.5 Å². The van der Waals surface area contributed by atoms with Crippen molar-refractivity contribution in [2.24, 2.45) is 0 Å². The van der Waals surface area contributed by atoms with Crippen LogP contribution in [0.25, 0.3) is 22.4 Å². The largest absolute Gasteiger partial charge is 0.497 e. The molecule has 51 heavy (non-hydrogen) atoms. The van der Waals surface area contributed by atoms with Gasteiger partial charge in [-0.15, -0.1) is 10.2 Å². The fourth-order valence-electron chi connectivity index (χ4n) is 4.90. The smallest absolute Gasteiger partial charge is 0.433 e. The van der Waals surface area contributed by atoms with Crippen molar-refractivity contribution in [1.82, 2.24) is 25.4 Å². The highest BCUT2D eigenvalue weighted by atomic mass is 35.5. The second kappa shape index (κ2) is 14.5. The molecular weight excluding hydrogens is 736 g/mol. The Morgan fingerprint density at radius 3 is 2.39 bits per heavy atom. The van der Waals surface area contributed by atoms with Crippen LogP contribution >= 0.6 is 22.9 Å². The first-order chi connectivity index (χ1) is 24.4. The standard InChI is InChI=1S/C33H23ClF4N6O5S2/c1-47-22-8-6-21(28(13-22)48-2)17-44(32-43-41-18-50-32)51(45,46)30-14-24(34)29(15-25(30)35)49-27-9-7-19(12-23(27)20-10-11-39-40-16-20)26-4-3-5-31(42-26)33(36,37)38/h3-16,18H,17H2,1-2H3. The predicted molar refractivity (Wildman–Crippen MR) is 180 cm³/mol. The van der Waals surface area contributed by atoms with Crippen LogP contribution in [0.3, 0.4) is 0 Å². The number of aromatic nitrogens is 5. The molecular formula is C33H23ClF4N6O5S2. The van der Waals surface area contributed by atoms with Gasteiger partial charge in [0.05, 0.1) is 43.9 Å². The number of alkyl halides is 3. The van der Waals surface area contributed by atoms with Gasteiger partial charge in [0.1, 0.15) is 44.9 Å². The van der Waals surface area contributed by atoms with Gasteiger partial charge in [0, 0.05) is 34.4 Å². The Morgan fingerprint density at radius 1 is 0.882 bits per heavy atom. The first-order valence-electron chi connectivity index (χ1n) is 14.5. The third-order valence-electron chi connectivity index (χ3n) is 7.35. The number of methoxy groups -OCH3 is 2. The molecule has 0 radical (unpaired) electrons. The van der Waals surface area contributed by atoms with Gasteiger partial charge >= 0.3 is 6.18 Å². The molecule has 11 nitrogen and oxygen atoms in total. The lowest BCUT2D eigenvalue weighted by atomic mass is 10.0. The topological polar surface area (TPSA) is 130 Å². The Bertz CT molecular complexity index is 2300. The average Bonchev–Trinajstić information content (AvgIpc) is 3.66. The van der Waals surface area contributed by atoms with Gasteiger partial charge in [-0.25, -0.2) is 22.1 Å². The maximum Gasteiger partial charge on any atom is 0.433 e. The van der Waals surface area contributed by atoms with E-state index in [4.69, 9.17) is 25.8 Å². The third kappa shape index (κ3) is 7.54. The number of hydrogen-bond donors (Lipinski definition) is 0. The zero-order valence-corrected chi connectivity index (χ0v) is 28.7. The summed E-state index contributed by atoms with van der Waals surface area (Å²) in [5, 5.41) is 15.0. The summed E-state index contributed by atoms with van der Waals surface area (Å²) in [5.41, 5.74) is 1.79. The molecule has 3 heterocycles. The molecule has 6 rings (SSSR count). The van der Waals surface area contributed by atoms with Crippen LogP contribution in [0, 0.1) is 5.82 Å². The highest BCUT2D eigenvalue weighted by molar-refractivity contribution is 7.93. The number of anilines is 1. The van der Waals surface area contributed by atoms with Crippen molar-refractivity contribution in [1.29, 1.82) is 0 Å². The van der Waals surface area contributed by atoms with Gasteiger partial charge in [0.2, 0.25) is 5.13 Å². The van der Waals surface area contributed by atoms with E-state index < -0.39 is 32.6 Å². The van der Waals surface area contributed by atoms with Gasteiger partial charge in [-0.1, -0.05) is 29.0 Å². The summed E-state index contributed by atoms with van der Waals surface area (Å²) in [6, 6.07) is 16.0. The minimum atomic E-state index is -4.67. The van der Waals surface area contributed by atoms with Crippen molar-refractivity contribution in [3.63, 3.8) is 0 Å². The van der Waals surface area contributed by atoms with E-state index in [-0.39, 0.29) is 33.9 Å². The Balaban J connectivity index is 1.37. The first kappa shape index (κ1) is 35.4. The van der Waals surface area contributed by atoms with Crippen LogP contribution in [-0.4, -0.2) is 48.0 Å². The van der Waals surface area contributed by atoms with Gasteiger partial charge in [0.25, 0.3) is 10.0 Å². The van der Waals surface area contributed by atoms with Crippen molar-refractivity contribution in [3.05, 3.63) is 113 Å². The zero-order valence-electron chi connectivity index (χ0n) is 26.3. The second-order valence-corrected chi connectivity index (χ2v) is 13.5.